The van der Waals surface area contributed by atoms with Crippen LogP contribution in [0.5, 0.6) is 0 Å². The normalized spacial score (nSPS) is 15.4. The van der Waals surface area contributed by atoms with E-state index in [1.807, 2.05) is 0 Å². The topological polar surface area (TPSA) is 66.5 Å². The van der Waals surface area contributed by atoms with E-state index in [9.17, 15) is 22.0 Å². The number of thioether (sulfide) groups is 1. The third-order valence-corrected chi connectivity index (χ3v) is 7.56. The van der Waals surface area contributed by atoms with Gasteiger partial charge in [0.1, 0.15) is 0 Å². The van der Waals surface area contributed by atoms with Crippen molar-refractivity contribution in [3.63, 3.8) is 0 Å². The minimum atomic E-state index is -3.70. The fourth-order valence-corrected chi connectivity index (χ4v) is 5.59. The highest BCUT2D eigenvalue weighted by Gasteiger charge is 2.28. The Hall–Kier alpha value is -1.97. The van der Waals surface area contributed by atoms with Crippen LogP contribution in [0, 0.1) is 6.92 Å². The molecule has 0 radical (unpaired) electrons. The number of rotatable bonds is 6. The molecule has 1 amide bonds. The summed E-state index contributed by atoms with van der Waals surface area (Å²) in [5.74, 6) is -3.17. The van der Waals surface area contributed by atoms with Gasteiger partial charge in [0.2, 0.25) is 10.0 Å². The molecule has 9 heteroatoms. The SMILES string of the molecule is Cc1ccc(C(=O)Nc2ccccc2SC(F)F)cc1S(=O)(=O)N1CCCCC1. The second kappa shape index (κ2) is 9.23. The lowest BCUT2D eigenvalue weighted by atomic mass is 10.1. The first kappa shape index (κ1) is 21.7. The molecular formula is C20H22F2N2O3S2. The number of nitrogens with zero attached hydrogens (tertiary/aromatic N) is 1. The van der Waals surface area contributed by atoms with Gasteiger partial charge in [0, 0.05) is 23.5 Å². The Balaban J connectivity index is 1.87. The first-order valence-electron chi connectivity index (χ1n) is 9.25. The molecule has 2 aromatic rings. The van der Waals surface area contributed by atoms with Gasteiger partial charge in [0.15, 0.2) is 0 Å². The zero-order valence-electron chi connectivity index (χ0n) is 15.9. The Morgan fingerprint density at radius 1 is 1.10 bits per heavy atom. The van der Waals surface area contributed by atoms with Gasteiger partial charge >= 0.3 is 0 Å². The Bertz CT molecular complexity index is 991. The van der Waals surface area contributed by atoms with E-state index in [0.29, 0.717) is 30.4 Å². The van der Waals surface area contributed by atoms with Crippen LogP contribution in [0.4, 0.5) is 14.5 Å². The van der Waals surface area contributed by atoms with Gasteiger partial charge in [-0.05, 0) is 49.6 Å². The van der Waals surface area contributed by atoms with Crippen LogP contribution in [0.25, 0.3) is 0 Å². The molecule has 29 heavy (non-hydrogen) atoms. The number of sulfonamides is 1. The largest absolute Gasteiger partial charge is 0.321 e. The summed E-state index contributed by atoms with van der Waals surface area (Å²) in [7, 11) is -3.70. The number of hydrogen-bond acceptors (Lipinski definition) is 4. The molecule has 0 saturated carbocycles. The van der Waals surface area contributed by atoms with E-state index in [4.69, 9.17) is 0 Å². The van der Waals surface area contributed by atoms with Crippen LogP contribution in [-0.4, -0.2) is 37.5 Å². The predicted molar refractivity (Wildman–Crippen MR) is 110 cm³/mol. The average molecular weight is 441 g/mol. The molecule has 1 N–H and O–H groups in total. The van der Waals surface area contributed by atoms with Crippen molar-refractivity contribution in [1.82, 2.24) is 4.31 Å². The standard InChI is InChI=1S/C20H22F2N2O3S2/c1-14-9-10-15(13-18(14)29(26,27)24-11-5-2-6-12-24)19(25)23-16-7-3-4-8-17(16)28-20(21)22/h3-4,7-10,13,20H,2,5-6,11-12H2,1H3,(H,23,25). The van der Waals surface area contributed by atoms with E-state index >= 15 is 0 Å². The van der Waals surface area contributed by atoms with Crippen molar-refractivity contribution >= 4 is 33.4 Å². The van der Waals surface area contributed by atoms with Crippen LogP contribution >= 0.6 is 11.8 Å². The van der Waals surface area contributed by atoms with Crippen LogP contribution in [0.2, 0.25) is 0 Å². The molecule has 1 aliphatic heterocycles. The van der Waals surface area contributed by atoms with Crippen LogP contribution in [0.1, 0.15) is 35.2 Å². The average Bonchev–Trinajstić information content (AvgIpc) is 2.70. The molecule has 1 heterocycles. The van der Waals surface area contributed by atoms with Gasteiger partial charge in [0.05, 0.1) is 10.6 Å². The molecule has 2 aromatic carbocycles. The molecule has 1 aliphatic rings. The van der Waals surface area contributed by atoms with E-state index in [2.05, 4.69) is 5.32 Å². The molecule has 156 valence electrons. The number of carbonyl (C=O) groups is 1. The Kier molecular flexibility index (Phi) is 6.92. The first-order valence-corrected chi connectivity index (χ1v) is 11.6. The molecule has 0 atom stereocenters. The van der Waals surface area contributed by atoms with Crippen LogP contribution in [0.15, 0.2) is 52.3 Å². The summed E-state index contributed by atoms with van der Waals surface area (Å²) < 4.78 is 53.0. The van der Waals surface area contributed by atoms with Gasteiger partial charge in [-0.3, -0.25) is 4.79 Å². The smallest absolute Gasteiger partial charge is 0.288 e. The Labute approximate surface area is 173 Å². The minimum absolute atomic E-state index is 0.0993. The Morgan fingerprint density at radius 2 is 1.79 bits per heavy atom. The third-order valence-electron chi connectivity index (χ3n) is 4.73. The highest BCUT2D eigenvalue weighted by atomic mass is 32.2. The number of piperidine rings is 1. The molecule has 0 spiro atoms. The molecule has 0 bridgehead atoms. The van der Waals surface area contributed by atoms with Gasteiger partial charge < -0.3 is 5.32 Å². The third kappa shape index (κ3) is 5.15. The van der Waals surface area contributed by atoms with Crippen LogP contribution < -0.4 is 5.32 Å². The number of anilines is 1. The molecule has 0 aromatic heterocycles. The zero-order valence-corrected chi connectivity index (χ0v) is 17.5. The molecule has 0 unspecified atom stereocenters. The van der Waals surface area contributed by atoms with Crippen molar-refractivity contribution in [2.24, 2.45) is 0 Å². The van der Waals surface area contributed by atoms with Crippen molar-refractivity contribution in [3.05, 3.63) is 53.6 Å². The summed E-state index contributed by atoms with van der Waals surface area (Å²) in [6, 6.07) is 10.7. The zero-order chi connectivity index (χ0) is 21.0. The van der Waals surface area contributed by atoms with Crippen molar-refractivity contribution < 1.29 is 22.0 Å². The van der Waals surface area contributed by atoms with Crippen LogP contribution in [0.3, 0.4) is 0 Å². The minimum Gasteiger partial charge on any atom is -0.321 e. The fraction of sp³-hybridized carbons (Fsp3) is 0.350. The van der Waals surface area contributed by atoms with Crippen molar-refractivity contribution in [1.29, 1.82) is 0 Å². The second-order valence-electron chi connectivity index (χ2n) is 6.77. The number of alkyl halides is 2. The summed E-state index contributed by atoms with van der Waals surface area (Å²) >= 11 is 0.340. The summed E-state index contributed by atoms with van der Waals surface area (Å²) in [5.41, 5.74) is 0.965. The number of aryl methyl sites for hydroxylation is 1. The second-order valence-corrected chi connectivity index (χ2v) is 9.71. The maximum Gasteiger partial charge on any atom is 0.288 e. The molecule has 1 fully saturated rings. The van der Waals surface area contributed by atoms with E-state index in [-0.39, 0.29) is 21.0 Å². The Morgan fingerprint density at radius 3 is 2.48 bits per heavy atom. The lowest BCUT2D eigenvalue weighted by molar-refractivity contribution is 0.102. The summed E-state index contributed by atoms with van der Waals surface area (Å²) in [5, 5.41) is 2.61. The highest BCUT2D eigenvalue weighted by molar-refractivity contribution is 7.99. The molecule has 5 nitrogen and oxygen atoms in total. The van der Waals surface area contributed by atoms with E-state index in [1.54, 1.807) is 25.1 Å². The lowest BCUT2D eigenvalue weighted by Crippen LogP contribution is -2.36. The fourth-order valence-electron chi connectivity index (χ4n) is 3.23. The van der Waals surface area contributed by atoms with Gasteiger partial charge in [0.25, 0.3) is 11.7 Å². The van der Waals surface area contributed by atoms with Crippen molar-refractivity contribution in [2.75, 3.05) is 18.4 Å². The van der Waals surface area contributed by atoms with E-state index in [0.717, 1.165) is 19.3 Å². The molecule has 1 saturated heterocycles. The van der Waals surface area contributed by atoms with Crippen LogP contribution in [-0.2, 0) is 10.0 Å². The number of nitrogens with one attached hydrogen (secondary N) is 1. The number of hydrogen-bond donors (Lipinski definition) is 1. The predicted octanol–water partition coefficient (Wildman–Crippen LogP) is 4.74. The maximum atomic E-state index is 13.0. The van der Waals surface area contributed by atoms with Gasteiger partial charge in [-0.2, -0.15) is 13.1 Å². The number of para-hydroxylation sites is 1. The molecule has 3 rings (SSSR count). The first-order chi connectivity index (χ1) is 13.8. The molecular weight excluding hydrogens is 418 g/mol. The van der Waals surface area contributed by atoms with Crippen molar-refractivity contribution in [2.45, 2.75) is 41.7 Å². The van der Waals surface area contributed by atoms with E-state index < -0.39 is 21.7 Å². The number of benzene rings is 2. The summed E-state index contributed by atoms with van der Waals surface area (Å²) in [6.07, 6.45) is 2.64. The monoisotopic (exact) mass is 440 g/mol. The maximum absolute atomic E-state index is 13.0. The van der Waals surface area contributed by atoms with Gasteiger partial charge in [-0.25, -0.2) is 8.42 Å². The van der Waals surface area contributed by atoms with Crippen molar-refractivity contribution in [3.8, 4) is 0 Å². The molecule has 0 aliphatic carbocycles. The summed E-state index contributed by atoms with van der Waals surface area (Å²) in [6.45, 7) is 2.62. The number of carbonyl (C=O) groups excluding carboxylic acids is 1. The van der Waals surface area contributed by atoms with Gasteiger partial charge in [-0.1, -0.05) is 36.4 Å². The van der Waals surface area contributed by atoms with E-state index in [1.165, 1.54) is 28.6 Å². The van der Waals surface area contributed by atoms with Gasteiger partial charge in [-0.15, -0.1) is 0 Å². The number of amides is 1. The number of halogens is 2. The summed E-state index contributed by atoms with van der Waals surface area (Å²) in [4.78, 5) is 13.0. The lowest BCUT2D eigenvalue weighted by Gasteiger charge is -2.26. The quantitative estimate of drug-likeness (QED) is 0.659. The highest BCUT2D eigenvalue weighted by Crippen LogP contribution is 2.32.